The number of carbonyl (C=O) groups excluding carboxylic acids is 1. The maximum Gasteiger partial charge on any atom is 0.329 e. The largest absolute Gasteiger partial charge is 0.480 e. The Balaban J connectivity index is 2.28. The number of piperidine rings is 2. The van der Waals surface area contributed by atoms with Crippen molar-refractivity contribution in [2.24, 2.45) is 5.41 Å². The molecule has 2 aliphatic rings. The van der Waals surface area contributed by atoms with E-state index in [-0.39, 0.29) is 5.91 Å². The van der Waals surface area contributed by atoms with Gasteiger partial charge in [0, 0.05) is 13.7 Å². The maximum atomic E-state index is 13.1. The molecule has 2 fully saturated rings. The van der Waals surface area contributed by atoms with Crippen molar-refractivity contribution in [3.05, 3.63) is 0 Å². The van der Waals surface area contributed by atoms with Crippen LogP contribution in [0.5, 0.6) is 0 Å². The Morgan fingerprint density at radius 3 is 2.48 bits per heavy atom. The van der Waals surface area contributed by atoms with Crippen LogP contribution in [-0.2, 0) is 14.3 Å². The summed E-state index contributed by atoms with van der Waals surface area (Å²) in [5, 5.41) is 12.8. The smallest absolute Gasteiger partial charge is 0.329 e. The van der Waals surface area contributed by atoms with Gasteiger partial charge in [-0.25, -0.2) is 4.79 Å². The predicted molar refractivity (Wildman–Crippen MR) is 78.0 cm³/mol. The lowest BCUT2D eigenvalue weighted by molar-refractivity contribution is -0.169. The molecule has 6 heteroatoms. The standard InChI is InChI=1S/C15H26N2O4/c1-14(13(19)20)5-3-4-10-17(14)12(18)15(11-21-2)6-8-16-9-7-15/h16H,3-11H2,1-2H3,(H,19,20). The van der Waals surface area contributed by atoms with Crippen LogP contribution >= 0.6 is 0 Å². The average Bonchev–Trinajstić information content (AvgIpc) is 2.48. The molecule has 6 nitrogen and oxygen atoms in total. The number of carboxylic acids is 1. The van der Waals surface area contributed by atoms with Crippen molar-refractivity contribution in [2.45, 2.75) is 44.6 Å². The van der Waals surface area contributed by atoms with E-state index in [4.69, 9.17) is 4.74 Å². The number of methoxy groups -OCH3 is 1. The highest BCUT2D eigenvalue weighted by molar-refractivity contribution is 5.90. The van der Waals surface area contributed by atoms with E-state index in [1.807, 2.05) is 0 Å². The Labute approximate surface area is 125 Å². The molecule has 0 radical (unpaired) electrons. The van der Waals surface area contributed by atoms with Crippen LogP contribution in [-0.4, -0.2) is 60.8 Å². The van der Waals surface area contributed by atoms with Gasteiger partial charge in [0.05, 0.1) is 12.0 Å². The van der Waals surface area contributed by atoms with Gasteiger partial charge in [-0.3, -0.25) is 4.79 Å². The lowest BCUT2D eigenvalue weighted by Gasteiger charge is -2.47. The molecular weight excluding hydrogens is 272 g/mol. The molecule has 1 atom stereocenters. The Morgan fingerprint density at radius 1 is 1.24 bits per heavy atom. The van der Waals surface area contributed by atoms with E-state index in [0.717, 1.165) is 25.9 Å². The van der Waals surface area contributed by atoms with E-state index in [9.17, 15) is 14.7 Å². The molecule has 1 unspecified atom stereocenters. The number of nitrogens with zero attached hydrogens (tertiary/aromatic N) is 1. The number of aliphatic carboxylic acids is 1. The van der Waals surface area contributed by atoms with Gasteiger partial charge in [0.25, 0.3) is 0 Å². The highest BCUT2D eigenvalue weighted by Crippen LogP contribution is 2.37. The Kier molecular flexibility index (Phi) is 4.88. The second-order valence-corrected chi connectivity index (χ2v) is 6.46. The first-order valence-corrected chi connectivity index (χ1v) is 7.71. The average molecular weight is 298 g/mol. The molecule has 0 bridgehead atoms. The van der Waals surface area contributed by atoms with E-state index in [1.54, 1.807) is 18.9 Å². The summed E-state index contributed by atoms with van der Waals surface area (Å²) >= 11 is 0. The van der Waals surface area contributed by atoms with Crippen molar-refractivity contribution in [3.8, 4) is 0 Å². The summed E-state index contributed by atoms with van der Waals surface area (Å²) in [7, 11) is 1.60. The lowest BCUT2D eigenvalue weighted by atomic mass is 9.76. The maximum absolute atomic E-state index is 13.1. The number of likely N-dealkylation sites (tertiary alicyclic amines) is 1. The molecule has 0 aromatic rings. The number of rotatable bonds is 4. The van der Waals surface area contributed by atoms with E-state index in [1.165, 1.54) is 0 Å². The SMILES string of the molecule is COCC1(C(=O)N2CCCCC2(C)C(=O)O)CCNCC1. The van der Waals surface area contributed by atoms with E-state index in [2.05, 4.69) is 5.32 Å². The molecule has 0 aliphatic carbocycles. The van der Waals surface area contributed by atoms with Crippen molar-refractivity contribution in [2.75, 3.05) is 33.4 Å². The van der Waals surface area contributed by atoms with E-state index < -0.39 is 16.9 Å². The summed E-state index contributed by atoms with van der Waals surface area (Å²) in [6.07, 6.45) is 3.65. The van der Waals surface area contributed by atoms with Gasteiger partial charge in [-0.05, 0) is 52.1 Å². The summed E-state index contributed by atoms with van der Waals surface area (Å²) in [4.78, 5) is 26.4. The summed E-state index contributed by atoms with van der Waals surface area (Å²) in [5.41, 5.74) is -1.66. The Hall–Kier alpha value is -1.14. The highest BCUT2D eigenvalue weighted by Gasteiger charge is 2.50. The normalized spacial score (nSPS) is 29.1. The van der Waals surface area contributed by atoms with Crippen molar-refractivity contribution >= 4 is 11.9 Å². The fourth-order valence-electron chi connectivity index (χ4n) is 3.56. The van der Waals surface area contributed by atoms with Crippen molar-refractivity contribution in [1.29, 1.82) is 0 Å². The molecule has 0 aromatic heterocycles. The van der Waals surface area contributed by atoms with Crippen LogP contribution in [0.3, 0.4) is 0 Å². The molecule has 120 valence electrons. The first-order valence-electron chi connectivity index (χ1n) is 7.71. The van der Waals surface area contributed by atoms with Crippen LogP contribution in [0.1, 0.15) is 39.0 Å². The van der Waals surface area contributed by atoms with Crippen LogP contribution in [0, 0.1) is 5.41 Å². The molecule has 0 aromatic carbocycles. The van der Waals surface area contributed by atoms with E-state index in [0.29, 0.717) is 32.4 Å². The van der Waals surface area contributed by atoms with Gasteiger partial charge >= 0.3 is 5.97 Å². The lowest BCUT2D eigenvalue weighted by Crippen LogP contribution is -2.62. The van der Waals surface area contributed by atoms with Crippen LogP contribution in [0.2, 0.25) is 0 Å². The number of hydrogen-bond donors (Lipinski definition) is 2. The first kappa shape index (κ1) is 16.2. The number of carbonyl (C=O) groups is 2. The highest BCUT2D eigenvalue weighted by atomic mass is 16.5. The summed E-state index contributed by atoms with van der Waals surface area (Å²) in [6, 6.07) is 0. The second-order valence-electron chi connectivity index (χ2n) is 6.46. The number of carboxylic acid groups (broad SMARTS) is 1. The number of ether oxygens (including phenoxy) is 1. The molecule has 2 N–H and O–H groups in total. The molecule has 2 rings (SSSR count). The predicted octanol–water partition coefficient (Wildman–Crippen LogP) is 0.858. The molecule has 0 spiro atoms. The minimum Gasteiger partial charge on any atom is -0.480 e. The molecule has 2 saturated heterocycles. The summed E-state index contributed by atoms with van der Waals surface area (Å²) in [5.74, 6) is -0.951. The van der Waals surface area contributed by atoms with Crippen molar-refractivity contribution in [1.82, 2.24) is 10.2 Å². The first-order chi connectivity index (χ1) is 9.96. The molecule has 2 aliphatic heterocycles. The molecule has 0 saturated carbocycles. The molecular formula is C15H26N2O4. The summed E-state index contributed by atoms with van der Waals surface area (Å²) in [6.45, 7) is 4.10. The zero-order chi connectivity index (χ0) is 15.5. The zero-order valence-electron chi connectivity index (χ0n) is 13.0. The topological polar surface area (TPSA) is 78.9 Å². The molecule has 1 amide bonds. The Morgan fingerprint density at radius 2 is 1.90 bits per heavy atom. The fourth-order valence-corrected chi connectivity index (χ4v) is 3.56. The second kappa shape index (κ2) is 6.32. The Bertz CT molecular complexity index is 401. The number of amides is 1. The van der Waals surface area contributed by atoms with Crippen molar-refractivity contribution in [3.63, 3.8) is 0 Å². The minimum atomic E-state index is -1.08. The monoisotopic (exact) mass is 298 g/mol. The van der Waals surface area contributed by atoms with Crippen LogP contribution in [0.4, 0.5) is 0 Å². The van der Waals surface area contributed by atoms with Gasteiger partial charge in [0.1, 0.15) is 5.54 Å². The van der Waals surface area contributed by atoms with Gasteiger partial charge in [0.2, 0.25) is 5.91 Å². The van der Waals surface area contributed by atoms with E-state index >= 15 is 0 Å². The zero-order valence-corrected chi connectivity index (χ0v) is 13.0. The fraction of sp³-hybridized carbons (Fsp3) is 0.867. The molecule has 2 heterocycles. The quantitative estimate of drug-likeness (QED) is 0.805. The van der Waals surface area contributed by atoms with Gasteiger partial charge in [0.15, 0.2) is 0 Å². The van der Waals surface area contributed by atoms with Gasteiger partial charge < -0.3 is 20.1 Å². The third-order valence-electron chi connectivity index (χ3n) is 5.03. The van der Waals surface area contributed by atoms with Crippen molar-refractivity contribution < 1.29 is 19.4 Å². The van der Waals surface area contributed by atoms with Gasteiger partial charge in [-0.15, -0.1) is 0 Å². The minimum absolute atomic E-state index is 0.0459. The van der Waals surface area contributed by atoms with Gasteiger partial charge in [-0.2, -0.15) is 0 Å². The third-order valence-corrected chi connectivity index (χ3v) is 5.03. The number of hydrogen-bond acceptors (Lipinski definition) is 4. The van der Waals surface area contributed by atoms with Gasteiger partial charge in [-0.1, -0.05) is 0 Å². The van der Waals surface area contributed by atoms with Crippen LogP contribution < -0.4 is 5.32 Å². The third kappa shape index (κ3) is 2.92. The molecule has 21 heavy (non-hydrogen) atoms. The van der Waals surface area contributed by atoms with Crippen LogP contribution in [0.25, 0.3) is 0 Å². The number of nitrogens with one attached hydrogen (secondary N) is 1. The van der Waals surface area contributed by atoms with Crippen LogP contribution in [0.15, 0.2) is 0 Å². The summed E-state index contributed by atoms with van der Waals surface area (Å²) < 4.78 is 5.30.